The molecule has 0 saturated carbocycles. The maximum Gasteiger partial charge on any atom is 0.306 e. The largest absolute Gasteiger partial charge is 0.462 e. The van der Waals surface area contributed by atoms with Gasteiger partial charge in [0.05, 0.1) is 0 Å². The Balaban J connectivity index is 4.30. The van der Waals surface area contributed by atoms with Gasteiger partial charge >= 0.3 is 17.9 Å². The predicted octanol–water partition coefficient (Wildman–Crippen LogP) is 15.8. The standard InChI is InChI=1S/C50H94O6/c1-4-7-10-13-16-19-22-24-25-27-28-31-34-37-40-43-49(52)55-46-47(45-54-48(51)42-39-36-33-30-21-18-15-12-9-6-3)56-50(53)44-41-38-35-32-29-26-23-20-17-14-11-8-5-2/h12,15,47H,4-11,13-14,16-46H2,1-3H3/b15-12-. The van der Waals surface area contributed by atoms with Crippen molar-refractivity contribution in [1.29, 1.82) is 0 Å². The predicted molar refractivity (Wildman–Crippen MR) is 238 cm³/mol. The highest BCUT2D eigenvalue weighted by Crippen LogP contribution is 2.16. The van der Waals surface area contributed by atoms with Crippen LogP contribution in [-0.4, -0.2) is 37.2 Å². The lowest BCUT2D eigenvalue weighted by Gasteiger charge is -2.18. The zero-order valence-corrected chi connectivity index (χ0v) is 37.7. The molecule has 0 aromatic heterocycles. The molecular formula is C50H94O6. The normalized spacial score (nSPS) is 12.0. The summed E-state index contributed by atoms with van der Waals surface area (Å²) in [6.45, 7) is 6.59. The second-order valence-corrected chi connectivity index (χ2v) is 16.7. The Kier molecular flexibility index (Phi) is 44.3. The average molecular weight is 791 g/mol. The zero-order chi connectivity index (χ0) is 40.8. The highest BCUT2D eigenvalue weighted by molar-refractivity contribution is 5.71. The van der Waals surface area contributed by atoms with Gasteiger partial charge in [0.15, 0.2) is 6.10 Å². The van der Waals surface area contributed by atoms with Crippen molar-refractivity contribution < 1.29 is 28.6 Å². The number of esters is 3. The fraction of sp³-hybridized carbons (Fsp3) is 0.900. The summed E-state index contributed by atoms with van der Waals surface area (Å²) < 4.78 is 16.7. The Morgan fingerprint density at radius 2 is 0.625 bits per heavy atom. The Morgan fingerprint density at radius 1 is 0.339 bits per heavy atom. The van der Waals surface area contributed by atoms with Gasteiger partial charge in [0, 0.05) is 19.3 Å². The summed E-state index contributed by atoms with van der Waals surface area (Å²) in [6.07, 6.45) is 49.1. The van der Waals surface area contributed by atoms with Crippen molar-refractivity contribution in [2.75, 3.05) is 13.2 Å². The number of allylic oxidation sites excluding steroid dienone is 2. The van der Waals surface area contributed by atoms with E-state index in [1.54, 1.807) is 0 Å². The van der Waals surface area contributed by atoms with E-state index in [0.29, 0.717) is 19.3 Å². The van der Waals surface area contributed by atoms with Crippen LogP contribution in [0.5, 0.6) is 0 Å². The van der Waals surface area contributed by atoms with E-state index in [-0.39, 0.29) is 31.1 Å². The van der Waals surface area contributed by atoms with Gasteiger partial charge in [0.25, 0.3) is 0 Å². The van der Waals surface area contributed by atoms with E-state index in [1.807, 2.05) is 0 Å². The molecule has 1 unspecified atom stereocenters. The van der Waals surface area contributed by atoms with Gasteiger partial charge in [0.1, 0.15) is 13.2 Å². The van der Waals surface area contributed by atoms with E-state index in [2.05, 4.69) is 32.9 Å². The van der Waals surface area contributed by atoms with E-state index in [0.717, 1.165) is 70.6 Å². The molecule has 0 radical (unpaired) electrons. The van der Waals surface area contributed by atoms with Crippen LogP contribution in [0.2, 0.25) is 0 Å². The molecule has 56 heavy (non-hydrogen) atoms. The minimum atomic E-state index is -0.765. The maximum absolute atomic E-state index is 12.7. The van der Waals surface area contributed by atoms with Gasteiger partial charge in [-0.2, -0.15) is 0 Å². The molecule has 0 N–H and O–H groups in total. The fourth-order valence-corrected chi connectivity index (χ4v) is 7.27. The summed E-state index contributed by atoms with van der Waals surface area (Å²) in [5.74, 6) is -0.865. The van der Waals surface area contributed by atoms with Crippen molar-refractivity contribution in [3.05, 3.63) is 12.2 Å². The molecule has 0 saturated heterocycles. The summed E-state index contributed by atoms with van der Waals surface area (Å²) >= 11 is 0. The second-order valence-electron chi connectivity index (χ2n) is 16.7. The van der Waals surface area contributed by atoms with Gasteiger partial charge in [0.2, 0.25) is 0 Å². The average Bonchev–Trinajstić information content (AvgIpc) is 3.19. The fourth-order valence-electron chi connectivity index (χ4n) is 7.27. The third kappa shape index (κ3) is 43.3. The molecule has 0 fully saturated rings. The number of unbranched alkanes of at least 4 members (excludes halogenated alkanes) is 32. The smallest absolute Gasteiger partial charge is 0.306 e. The van der Waals surface area contributed by atoms with Crippen molar-refractivity contribution in [1.82, 2.24) is 0 Å². The number of hydrogen-bond acceptors (Lipinski definition) is 6. The summed E-state index contributed by atoms with van der Waals surface area (Å²) in [7, 11) is 0. The minimum absolute atomic E-state index is 0.0676. The molecule has 0 aromatic carbocycles. The molecule has 0 aliphatic rings. The molecule has 0 bridgehead atoms. The van der Waals surface area contributed by atoms with Crippen molar-refractivity contribution in [3.8, 4) is 0 Å². The van der Waals surface area contributed by atoms with Gasteiger partial charge in [-0.05, 0) is 38.5 Å². The molecule has 0 amide bonds. The van der Waals surface area contributed by atoms with Crippen LogP contribution in [0.3, 0.4) is 0 Å². The van der Waals surface area contributed by atoms with E-state index in [1.165, 1.54) is 161 Å². The monoisotopic (exact) mass is 791 g/mol. The third-order valence-electron chi connectivity index (χ3n) is 11.0. The minimum Gasteiger partial charge on any atom is -0.462 e. The Bertz CT molecular complexity index is 870. The highest BCUT2D eigenvalue weighted by atomic mass is 16.6. The van der Waals surface area contributed by atoms with Crippen LogP contribution < -0.4 is 0 Å². The first-order valence-corrected chi connectivity index (χ1v) is 24.7. The van der Waals surface area contributed by atoms with Crippen molar-refractivity contribution in [2.24, 2.45) is 0 Å². The van der Waals surface area contributed by atoms with E-state index >= 15 is 0 Å². The lowest BCUT2D eigenvalue weighted by molar-refractivity contribution is -0.167. The molecular weight excluding hydrogens is 697 g/mol. The van der Waals surface area contributed by atoms with Gasteiger partial charge in [-0.15, -0.1) is 0 Å². The summed E-state index contributed by atoms with van der Waals surface area (Å²) in [6, 6.07) is 0. The Morgan fingerprint density at radius 3 is 0.964 bits per heavy atom. The van der Waals surface area contributed by atoms with Crippen molar-refractivity contribution in [2.45, 2.75) is 277 Å². The summed E-state index contributed by atoms with van der Waals surface area (Å²) in [5.41, 5.74) is 0. The molecule has 0 aliphatic heterocycles. The van der Waals surface area contributed by atoms with Gasteiger partial charge in [-0.1, -0.05) is 226 Å². The Hall–Kier alpha value is -1.85. The van der Waals surface area contributed by atoms with Crippen LogP contribution in [0.1, 0.15) is 271 Å². The van der Waals surface area contributed by atoms with E-state index in [9.17, 15) is 14.4 Å². The molecule has 0 heterocycles. The first-order chi connectivity index (χ1) is 27.5. The molecule has 6 heteroatoms. The van der Waals surface area contributed by atoms with Gasteiger partial charge < -0.3 is 14.2 Å². The van der Waals surface area contributed by atoms with Crippen LogP contribution in [-0.2, 0) is 28.6 Å². The number of carbonyl (C=O) groups excluding carboxylic acids is 3. The summed E-state index contributed by atoms with van der Waals surface area (Å²) in [4.78, 5) is 37.8. The van der Waals surface area contributed by atoms with Crippen molar-refractivity contribution in [3.63, 3.8) is 0 Å². The van der Waals surface area contributed by atoms with Crippen LogP contribution in [0.25, 0.3) is 0 Å². The lowest BCUT2D eigenvalue weighted by Crippen LogP contribution is -2.30. The van der Waals surface area contributed by atoms with E-state index < -0.39 is 6.10 Å². The topological polar surface area (TPSA) is 78.9 Å². The van der Waals surface area contributed by atoms with Gasteiger partial charge in [-0.25, -0.2) is 0 Å². The molecule has 6 nitrogen and oxygen atoms in total. The molecule has 0 rings (SSSR count). The SMILES string of the molecule is CCC/C=C\CCCCCCCC(=O)OCC(COC(=O)CCCCCCCCCCCCCCCCC)OC(=O)CCCCCCCCCCCCCCC. The molecule has 330 valence electrons. The first-order valence-electron chi connectivity index (χ1n) is 24.7. The van der Waals surface area contributed by atoms with Crippen LogP contribution in [0.4, 0.5) is 0 Å². The van der Waals surface area contributed by atoms with Crippen LogP contribution >= 0.6 is 0 Å². The first kappa shape index (κ1) is 54.2. The molecule has 0 aromatic rings. The summed E-state index contributed by atoms with van der Waals surface area (Å²) in [5, 5.41) is 0. The van der Waals surface area contributed by atoms with Gasteiger partial charge in [-0.3, -0.25) is 14.4 Å². The Labute approximate surface area is 348 Å². The molecule has 1 atom stereocenters. The third-order valence-corrected chi connectivity index (χ3v) is 11.0. The number of carbonyl (C=O) groups is 3. The zero-order valence-electron chi connectivity index (χ0n) is 37.7. The quantitative estimate of drug-likeness (QED) is 0.0264. The van der Waals surface area contributed by atoms with E-state index in [4.69, 9.17) is 14.2 Å². The lowest BCUT2D eigenvalue weighted by atomic mass is 10.0. The maximum atomic E-state index is 12.7. The van der Waals surface area contributed by atoms with Crippen LogP contribution in [0.15, 0.2) is 12.2 Å². The van der Waals surface area contributed by atoms with Crippen LogP contribution in [0, 0.1) is 0 Å². The highest BCUT2D eigenvalue weighted by Gasteiger charge is 2.19. The van der Waals surface area contributed by atoms with Crippen molar-refractivity contribution >= 4 is 17.9 Å². The number of hydrogen-bond donors (Lipinski definition) is 0. The number of rotatable bonds is 45. The molecule has 0 aliphatic carbocycles. The second kappa shape index (κ2) is 45.8. The number of ether oxygens (including phenoxy) is 3. The molecule has 0 spiro atoms.